The second-order valence-electron chi connectivity index (χ2n) is 9.72. The van der Waals surface area contributed by atoms with Crippen LogP contribution in [0.25, 0.3) is 5.57 Å². The van der Waals surface area contributed by atoms with E-state index in [2.05, 4.69) is 28.1 Å². The maximum absolute atomic E-state index is 13.8. The summed E-state index contributed by atoms with van der Waals surface area (Å²) in [5, 5.41) is 0. The number of aryl methyl sites for hydroxylation is 1. The molecular formula is C31H26BrNO4. The molecule has 6 rings (SSSR count). The number of amides is 2. The van der Waals surface area contributed by atoms with E-state index in [-0.39, 0.29) is 23.7 Å². The summed E-state index contributed by atoms with van der Waals surface area (Å²) in [5.74, 6) is 0.241. The lowest BCUT2D eigenvalue weighted by Gasteiger charge is -2.22. The highest BCUT2D eigenvalue weighted by atomic mass is 79.9. The zero-order valence-electron chi connectivity index (χ0n) is 20.8. The van der Waals surface area contributed by atoms with Crippen molar-refractivity contribution in [2.75, 3.05) is 19.1 Å². The van der Waals surface area contributed by atoms with Gasteiger partial charge in [0.25, 0.3) is 0 Å². The first kappa shape index (κ1) is 23.7. The van der Waals surface area contributed by atoms with Gasteiger partial charge in [-0.1, -0.05) is 58.4 Å². The summed E-state index contributed by atoms with van der Waals surface area (Å²) in [5.41, 5.74) is 5.93. The van der Waals surface area contributed by atoms with Crippen LogP contribution in [-0.2, 0) is 9.59 Å². The third kappa shape index (κ3) is 3.65. The van der Waals surface area contributed by atoms with Gasteiger partial charge in [-0.25, -0.2) is 4.90 Å². The molecular weight excluding hydrogens is 530 g/mol. The number of anilines is 1. The lowest BCUT2D eigenvalue weighted by atomic mass is 9.85. The number of methoxy groups -OCH3 is 2. The van der Waals surface area contributed by atoms with Gasteiger partial charge in [-0.2, -0.15) is 0 Å². The van der Waals surface area contributed by atoms with Gasteiger partial charge in [-0.3, -0.25) is 9.59 Å². The quantitative estimate of drug-likeness (QED) is 0.278. The van der Waals surface area contributed by atoms with Gasteiger partial charge in [0.2, 0.25) is 11.8 Å². The van der Waals surface area contributed by atoms with E-state index in [1.807, 2.05) is 73.7 Å². The molecule has 0 spiro atoms. The third-order valence-electron chi connectivity index (χ3n) is 7.88. The molecule has 3 aliphatic rings. The van der Waals surface area contributed by atoms with Crippen LogP contribution in [0.15, 0.2) is 88.9 Å². The molecule has 186 valence electrons. The minimum atomic E-state index is -0.399. The molecule has 0 radical (unpaired) electrons. The summed E-state index contributed by atoms with van der Waals surface area (Å²) < 4.78 is 11.6. The molecule has 3 aromatic carbocycles. The molecule has 4 atom stereocenters. The van der Waals surface area contributed by atoms with Gasteiger partial charge in [-0.15, -0.1) is 0 Å². The van der Waals surface area contributed by atoms with Crippen LogP contribution in [0.4, 0.5) is 5.69 Å². The van der Waals surface area contributed by atoms with Crippen molar-refractivity contribution in [1.82, 2.24) is 0 Å². The second-order valence-corrected chi connectivity index (χ2v) is 10.6. The van der Waals surface area contributed by atoms with E-state index < -0.39 is 11.8 Å². The molecule has 1 heterocycles. The number of benzene rings is 3. The average molecular weight is 556 g/mol. The van der Waals surface area contributed by atoms with Crippen molar-refractivity contribution in [3.05, 3.63) is 106 Å². The number of carbonyl (C=O) groups excluding carboxylic acids is 2. The average Bonchev–Trinajstić information content (AvgIpc) is 3.55. The first-order valence-electron chi connectivity index (χ1n) is 12.3. The van der Waals surface area contributed by atoms with E-state index in [1.165, 1.54) is 4.90 Å². The Labute approximate surface area is 224 Å². The van der Waals surface area contributed by atoms with Crippen LogP contribution in [0, 0.1) is 30.6 Å². The number of nitrogens with zero attached hydrogens (tertiary/aromatic N) is 1. The highest BCUT2D eigenvalue weighted by molar-refractivity contribution is 9.10. The van der Waals surface area contributed by atoms with Crippen molar-refractivity contribution in [2.24, 2.45) is 23.7 Å². The summed E-state index contributed by atoms with van der Waals surface area (Å²) in [6.45, 7) is 1.98. The number of ether oxygens (including phenoxy) is 2. The normalized spacial score (nSPS) is 23.6. The Morgan fingerprint density at radius 3 is 1.68 bits per heavy atom. The van der Waals surface area contributed by atoms with E-state index in [0.29, 0.717) is 5.69 Å². The molecule has 3 aromatic rings. The van der Waals surface area contributed by atoms with E-state index >= 15 is 0 Å². The van der Waals surface area contributed by atoms with Crippen LogP contribution in [0.5, 0.6) is 11.5 Å². The number of imide groups is 1. The first-order chi connectivity index (χ1) is 17.9. The predicted molar refractivity (Wildman–Crippen MR) is 146 cm³/mol. The molecule has 5 nitrogen and oxygen atoms in total. The SMILES string of the molecule is COc1ccc(C(=C2[C@H]3C=C[C@H]2[C@H]2C(=O)N(c4ccc(C)c(Br)c4)C(=O)[C@@H]23)c2ccc(OC)cc2)cc1. The van der Waals surface area contributed by atoms with Gasteiger partial charge in [0.1, 0.15) is 11.5 Å². The number of allylic oxidation sites excluding steroid dienone is 3. The monoisotopic (exact) mass is 555 g/mol. The minimum absolute atomic E-state index is 0.121. The maximum Gasteiger partial charge on any atom is 0.238 e. The molecule has 0 unspecified atom stereocenters. The number of fused-ring (bicyclic) bond motifs is 5. The fourth-order valence-electron chi connectivity index (χ4n) is 6.09. The topological polar surface area (TPSA) is 55.8 Å². The molecule has 2 aliphatic carbocycles. The van der Waals surface area contributed by atoms with Crippen LogP contribution in [0.3, 0.4) is 0 Å². The fourth-order valence-corrected chi connectivity index (χ4v) is 6.45. The Kier molecular flexibility index (Phi) is 5.80. The second kappa shape index (κ2) is 9.03. The number of rotatable bonds is 5. The van der Waals surface area contributed by atoms with Gasteiger partial charge in [0, 0.05) is 16.3 Å². The lowest BCUT2D eigenvalue weighted by molar-refractivity contribution is -0.122. The van der Waals surface area contributed by atoms with Gasteiger partial charge in [0.05, 0.1) is 31.7 Å². The van der Waals surface area contributed by atoms with Gasteiger partial charge < -0.3 is 9.47 Å². The molecule has 2 fully saturated rings. The summed E-state index contributed by atoms with van der Waals surface area (Å²) >= 11 is 3.54. The first-order valence-corrected chi connectivity index (χ1v) is 13.1. The smallest absolute Gasteiger partial charge is 0.238 e. The van der Waals surface area contributed by atoms with Crippen LogP contribution in [-0.4, -0.2) is 26.0 Å². The van der Waals surface area contributed by atoms with Crippen LogP contribution < -0.4 is 14.4 Å². The van der Waals surface area contributed by atoms with Crippen molar-refractivity contribution in [3.63, 3.8) is 0 Å². The number of halogens is 1. The number of carbonyl (C=O) groups is 2. The van der Waals surface area contributed by atoms with Crippen LogP contribution >= 0.6 is 15.9 Å². The lowest BCUT2D eigenvalue weighted by Crippen LogP contribution is -2.33. The van der Waals surface area contributed by atoms with Crippen molar-refractivity contribution >= 4 is 39.0 Å². The molecule has 2 amide bonds. The Bertz CT molecular complexity index is 1390. The molecule has 2 bridgehead atoms. The standard InChI is InChI=1S/C31H26BrNO4/c1-17-4-9-20(16-25(17)32)33-30(34)28-23-14-15-24(29(28)31(33)35)27(23)26(18-5-10-21(36-2)11-6-18)19-7-12-22(37-3)13-8-19/h4-16,23-24,28-29H,1-3H3/t23-,24-,28-,29-/m1/s1. The summed E-state index contributed by atoms with van der Waals surface area (Å²) in [7, 11) is 3.30. The minimum Gasteiger partial charge on any atom is -0.497 e. The highest BCUT2D eigenvalue weighted by Crippen LogP contribution is 2.59. The number of hydrogen-bond donors (Lipinski definition) is 0. The molecule has 1 saturated carbocycles. The fraction of sp³-hybridized carbons (Fsp3) is 0.226. The largest absolute Gasteiger partial charge is 0.497 e. The Balaban J connectivity index is 1.47. The number of hydrogen-bond acceptors (Lipinski definition) is 4. The molecule has 6 heteroatoms. The molecule has 0 N–H and O–H groups in total. The van der Waals surface area contributed by atoms with Crippen molar-refractivity contribution in [2.45, 2.75) is 6.92 Å². The zero-order chi connectivity index (χ0) is 25.8. The highest BCUT2D eigenvalue weighted by Gasteiger charge is 2.62. The predicted octanol–water partition coefficient (Wildman–Crippen LogP) is 6.20. The summed E-state index contributed by atoms with van der Waals surface area (Å²) in [4.78, 5) is 29.0. The molecule has 1 aliphatic heterocycles. The van der Waals surface area contributed by atoms with E-state index in [4.69, 9.17) is 9.47 Å². The summed E-state index contributed by atoms with van der Waals surface area (Å²) in [6.07, 6.45) is 4.24. The van der Waals surface area contributed by atoms with Gasteiger partial charge in [0.15, 0.2) is 0 Å². The summed E-state index contributed by atoms with van der Waals surface area (Å²) in [6, 6.07) is 21.6. The molecule has 1 saturated heterocycles. The maximum atomic E-state index is 13.8. The third-order valence-corrected chi connectivity index (χ3v) is 8.73. The van der Waals surface area contributed by atoms with E-state index in [0.717, 1.165) is 43.8 Å². The van der Waals surface area contributed by atoms with Crippen molar-refractivity contribution in [1.29, 1.82) is 0 Å². The molecule has 37 heavy (non-hydrogen) atoms. The molecule has 0 aromatic heterocycles. The van der Waals surface area contributed by atoms with Gasteiger partial charge in [-0.05, 0) is 71.2 Å². The zero-order valence-corrected chi connectivity index (χ0v) is 22.4. The Hall–Kier alpha value is -3.64. The van der Waals surface area contributed by atoms with Crippen molar-refractivity contribution in [3.8, 4) is 11.5 Å². The van der Waals surface area contributed by atoms with E-state index in [1.54, 1.807) is 14.2 Å². The van der Waals surface area contributed by atoms with Gasteiger partial charge >= 0.3 is 0 Å². The van der Waals surface area contributed by atoms with Crippen LogP contribution in [0.2, 0.25) is 0 Å². The van der Waals surface area contributed by atoms with Crippen LogP contribution in [0.1, 0.15) is 16.7 Å². The van der Waals surface area contributed by atoms with Crippen molar-refractivity contribution < 1.29 is 19.1 Å². The Morgan fingerprint density at radius 1 is 0.757 bits per heavy atom. The van der Waals surface area contributed by atoms with E-state index in [9.17, 15) is 9.59 Å². The Morgan fingerprint density at radius 2 is 1.24 bits per heavy atom.